The molecule has 4 heteroatoms. The Hall–Kier alpha value is -2.62. The fourth-order valence-electron chi connectivity index (χ4n) is 9.33. The number of benzene rings is 2. The number of carbonyl (C=O) groups is 2. The Balaban J connectivity index is 1.35. The standard InChI is InChI=1S/C32H38O4/c1-29(2)15-7-16-30(3)25(29)14-17-31(4)26(30)13-12-24(32(31)19-27(33)35-20-32)28(34)36-23-11-10-21-8-5-6-9-22(21)18-23/h5-11,15,18,24-26H,12-14,16-17,19-20H2,1-4H3/t24-,25?,26-,30+,31-,32+/m1/s1. The van der Waals surface area contributed by atoms with Gasteiger partial charge in [0.2, 0.25) is 0 Å². The molecule has 0 N–H and O–H groups in total. The van der Waals surface area contributed by atoms with Crippen molar-refractivity contribution in [1.82, 2.24) is 0 Å². The van der Waals surface area contributed by atoms with Crippen LogP contribution in [0, 0.1) is 39.4 Å². The summed E-state index contributed by atoms with van der Waals surface area (Å²) < 4.78 is 11.8. The van der Waals surface area contributed by atoms with E-state index in [0.29, 0.717) is 30.6 Å². The van der Waals surface area contributed by atoms with Crippen molar-refractivity contribution in [1.29, 1.82) is 0 Å². The maximum atomic E-state index is 13.9. The molecule has 1 unspecified atom stereocenters. The van der Waals surface area contributed by atoms with Crippen LogP contribution >= 0.6 is 0 Å². The van der Waals surface area contributed by atoms with Gasteiger partial charge in [-0.3, -0.25) is 9.59 Å². The van der Waals surface area contributed by atoms with Crippen molar-refractivity contribution in [3.63, 3.8) is 0 Å². The average molecular weight is 487 g/mol. The molecule has 2 saturated carbocycles. The number of hydrogen-bond donors (Lipinski definition) is 0. The Kier molecular flexibility index (Phi) is 5.24. The number of hydrogen-bond acceptors (Lipinski definition) is 4. The normalized spacial score (nSPS) is 38.9. The van der Waals surface area contributed by atoms with E-state index in [4.69, 9.17) is 9.47 Å². The monoisotopic (exact) mass is 486 g/mol. The summed E-state index contributed by atoms with van der Waals surface area (Å²) in [7, 11) is 0. The van der Waals surface area contributed by atoms with Gasteiger partial charge in [-0.15, -0.1) is 0 Å². The van der Waals surface area contributed by atoms with Crippen LogP contribution in [0.3, 0.4) is 0 Å². The van der Waals surface area contributed by atoms with E-state index in [9.17, 15) is 9.59 Å². The molecule has 0 aromatic heterocycles. The lowest BCUT2D eigenvalue weighted by atomic mass is 9.36. The van der Waals surface area contributed by atoms with Crippen LogP contribution in [-0.2, 0) is 14.3 Å². The molecule has 1 spiro atoms. The molecular weight excluding hydrogens is 448 g/mol. The smallest absolute Gasteiger partial charge is 0.315 e. The van der Waals surface area contributed by atoms with Crippen molar-refractivity contribution in [2.75, 3.05) is 6.61 Å². The van der Waals surface area contributed by atoms with E-state index in [0.717, 1.165) is 42.9 Å². The molecule has 0 radical (unpaired) electrons. The molecule has 4 nitrogen and oxygen atoms in total. The highest BCUT2D eigenvalue weighted by Crippen LogP contribution is 2.72. The molecule has 3 aliphatic carbocycles. The highest BCUT2D eigenvalue weighted by atomic mass is 16.5. The summed E-state index contributed by atoms with van der Waals surface area (Å²) in [5.41, 5.74) is -0.357. The van der Waals surface area contributed by atoms with E-state index in [1.807, 2.05) is 36.4 Å². The molecule has 6 atom stereocenters. The minimum Gasteiger partial charge on any atom is -0.465 e. The highest BCUT2D eigenvalue weighted by molar-refractivity contribution is 5.85. The Labute approximate surface area is 214 Å². The molecule has 6 rings (SSSR count). The average Bonchev–Trinajstić information content (AvgIpc) is 3.22. The Morgan fingerprint density at radius 3 is 2.50 bits per heavy atom. The summed E-state index contributed by atoms with van der Waals surface area (Å²) in [4.78, 5) is 26.5. The van der Waals surface area contributed by atoms with Crippen molar-refractivity contribution in [3.8, 4) is 5.75 Å². The zero-order valence-electron chi connectivity index (χ0n) is 22.0. The summed E-state index contributed by atoms with van der Waals surface area (Å²) in [6.07, 6.45) is 10.0. The van der Waals surface area contributed by atoms with E-state index in [1.165, 1.54) is 0 Å². The van der Waals surface area contributed by atoms with Crippen LogP contribution in [0.15, 0.2) is 54.6 Å². The fraction of sp³-hybridized carbons (Fsp3) is 0.562. The predicted octanol–water partition coefficient (Wildman–Crippen LogP) is 7.11. The molecule has 1 saturated heterocycles. The third kappa shape index (κ3) is 3.25. The SMILES string of the molecule is CC1(C)C=CC[C@@]2(C)C1CC[C@]1(C)[C@@H]2CC[C@H](C(=O)Oc2ccc3ccccc3c2)[C@]12COC(=O)C2. The number of carbonyl (C=O) groups excluding carboxylic acids is 2. The van der Waals surface area contributed by atoms with Crippen LogP contribution in [0.25, 0.3) is 10.8 Å². The fourth-order valence-corrected chi connectivity index (χ4v) is 9.33. The molecule has 4 aliphatic rings. The lowest BCUT2D eigenvalue weighted by Gasteiger charge is -2.67. The van der Waals surface area contributed by atoms with Gasteiger partial charge in [-0.05, 0) is 83.1 Å². The van der Waals surface area contributed by atoms with Crippen LogP contribution in [0.1, 0.15) is 66.2 Å². The summed E-state index contributed by atoms with van der Waals surface area (Å²) >= 11 is 0. The lowest BCUT2D eigenvalue weighted by Crippen LogP contribution is -2.64. The molecule has 1 heterocycles. The number of rotatable bonds is 2. The van der Waals surface area contributed by atoms with Gasteiger partial charge in [0.25, 0.3) is 0 Å². The van der Waals surface area contributed by atoms with Gasteiger partial charge in [-0.1, -0.05) is 70.2 Å². The number of fused-ring (bicyclic) bond motifs is 5. The van der Waals surface area contributed by atoms with Crippen molar-refractivity contribution in [2.45, 2.75) is 66.2 Å². The molecule has 3 fully saturated rings. The first-order chi connectivity index (χ1) is 17.1. The number of cyclic esters (lactones) is 1. The van der Waals surface area contributed by atoms with Gasteiger partial charge in [0.05, 0.1) is 18.9 Å². The van der Waals surface area contributed by atoms with Crippen molar-refractivity contribution < 1.29 is 19.1 Å². The summed E-state index contributed by atoms with van der Waals surface area (Å²) in [5, 5.41) is 2.16. The van der Waals surface area contributed by atoms with Crippen LogP contribution in [0.2, 0.25) is 0 Å². The van der Waals surface area contributed by atoms with Gasteiger partial charge in [0.1, 0.15) is 5.75 Å². The minimum atomic E-state index is -0.514. The Bertz CT molecular complexity index is 1260. The van der Waals surface area contributed by atoms with Crippen LogP contribution < -0.4 is 4.74 Å². The minimum absolute atomic E-state index is 0.150. The summed E-state index contributed by atoms with van der Waals surface area (Å²) in [5.74, 6) is 0.887. The number of ether oxygens (including phenoxy) is 2. The van der Waals surface area contributed by atoms with E-state index in [2.05, 4.69) is 45.9 Å². The molecular formula is C32H38O4. The van der Waals surface area contributed by atoms with E-state index in [1.54, 1.807) is 0 Å². The highest BCUT2D eigenvalue weighted by Gasteiger charge is 2.70. The molecule has 2 aromatic carbocycles. The first-order valence-corrected chi connectivity index (χ1v) is 13.6. The maximum Gasteiger partial charge on any atom is 0.315 e. The third-order valence-electron chi connectivity index (χ3n) is 11.0. The molecule has 0 amide bonds. The van der Waals surface area contributed by atoms with Gasteiger partial charge in [0, 0.05) is 5.41 Å². The zero-order valence-corrected chi connectivity index (χ0v) is 22.0. The lowest BCUT2D eigenvalue weighted by molar-refractivity contribution is -0.203. The van der Waals surface area contributed by atoms with Gasteiger partial charge in [0.15, 0.2) is 0 Å². The van der Waals surface area contributed by atoms with E-state index in [-0.39, 0.29) is 34.1 Å². The van der Waals surface area contributed by atoms with Gasteiger partial charge in [-0.25, -0.2) is 0 Å². The first-order valence-electron chi connectivity index (χ1n) is 13.6. The molecule has 36 heavy (non-hydrogen) atoms. The van der Waals surface area contributed by atoms with Crippen molar-refractivity contribution in [2.24, 2.45) is 39.4 Å². The van der Waals surface area contributed by atoms with Gasteiger partial charge in [-0.2, -0.15) is 0 Å². The molecule has 190 valence electrons. The maximum absolute atomic E-state index is 13.9. The molecule has 1 aliphatic heterocycles. The summed E-state index contributed by atoms with van der Waals surface area (Å²) in [6.45, 7) is 9.92. The zero-order chi connectivity index (χ0) is 25.3. The van der Waals surface area contributed by atoms with Gasteiger partial charge >= 0.3 is 11.9 Å². The molecule has 2 aromatic rings. The second kappa shape index (κ2) is 7.94. The first kappa shape index (κ1) is 23.8. The van der Waals surface area contributed by atoms with Gasteiger partial charge < -0.3 is 9.47 Å². The van der Waals surface area contributed by atoms with Crippen LogP contribution in [-0.4, -0.2) is 18.5 Å². The predicted molar refractivity (Wildman–Crippen MR) is 140 cm³/mol. The second-order valence-corrected chi connectivity index (χ2v) is 13.0. The van der Waals surface area contributed by atoms with E-state index >= 15 is 0 Å². The second-order valence-electron chi connectivity index (χ2n) is 13.0. The topological polar surface area (TPSA) is 52.6 Å². The Morgan fingerprint density at radius 2 is 1.75 bits per heavy atom. The summed E-state index contributed by atoms with van der Waals surface area (Å²) in [6, 6.07) is 13.9. The largest absolute Gasteiger partial charge is 0.465 e. The van der Waals surface area contributed by atoms with Crippen LogP contribution in [0.5, 0.6) is 5.75 Å². The number of allylic oxidation sites excluding steroid dienone is 2. The Morgan fingerprint density at radius 1 is 0.972 bits per heavy atom. The van der Waals surface area contributed by atoms with Crippen molar-refractivity contribution in [3.05, 3.63) is 54.6 Å². The quantitative estimate of drug-likeness (QED) is 0.258. The number of esters is 2. The third-order valence-corrected chi connectivity index (χ3v) is 11.0. The van der Waals surface area contributed by atoms with Crippen molar-refractivity contribution >= 4 is 22.7 Å². The van der Waals surface area contributed by atoms with Crippen LogP contribution in [0.4, 0.5) is 0 Å². The molecule has 0 bridgehead atoms. The van der Waals surface area contributed by atoms with E-state index < -0.39 is 5.41 Å².